The Balaban J connectivity index is 0.000000279. The molecule has 0 aliphatic carbocycles. The maximum absolute atomic E-state index is 11.7. The van der Waals surface area contributed by atoms with Gasteiger partial charge in [0, 0.05) is 49.9 Å². The first-order valence-electron chi connectivity index (χ1n) is 17.1. The molecule has 0 saturated heterocycles. The van der Waals surface area contributed by atoms with Crippen LogP contribution < -0.4 is 15.3 Å². The van der Waals surface area contributed by atoms with Gasteiger partial charge in [-0.05, 0) is 37.7 Å². The molecule has 48 heavy (non-hydrogen) atoms. The molecule has 5 aromatic rings. The predicted molar refractivity (Wildman–Crippen MR) is 197 cm³/mol. The van der Waals surface area contributed by atoms with Gasteiger partial charge in [0.25, 0.3) is 0 Å². The van der Waals surface area contributed by atoms with Crippen LogP contribution in [0.5, 0.6) is 11.5 Å². The molecule has 5 nitrogen and oxygen atoms in total. The Labute approximate surface area is 300 Å². The van der Waals surface area contributed by atoms with Crippen molar-refractivity contribution in [2.24, 2.45) is 11.8 Å². The van der Waals surface area contributed by atoms with Crippen molar-refractivity contribution in [1.82, 2.24) is 4.98 Å². The topological polar surface area (TPSA) is 72.6 Å². The average molecular weight is 839 g/mol. The number of aromatic nitrogens is 1. The Morgan fingerprint density at radius 2 is 1.52 bits per heavy atom. The molecule has 255 valence electrons. The third kappa shape index (κ3) is 7.10. The monoisotopic (exact) mass is 839 g/mol. The number of hydrogen-bond acceptors (Lipinski definition) is 5. The number of rotatable bonds is 10. The molecule has 0 bridgehead atoms. The molecule has 0 fully saturated rings. The molecule has 1 aliphatic heterocycles. The molecule has 7 heteroatoms. The third-order valence-electron chi connectivity index (χ3n) is 9.67. The quantitative estimate of drug-likeness (QED) is 0.0644. The van der Waals surface area contributed by atoms with Crippen LogP contribution in [0.2, 0.25) is 13.1 Å². The number of aliphatic hydroxyl groups excluding tert-OH is 1. The first-order chi connectivity index (χ1) is 22.6. The number of furan rings is 1. The second-order valence-electron chi connectivity index (χ2n) is 13.3. The fourth-order valence-corrected chi connectivity index (χ4v) is 9.10. The van der Waals surface area contributed by atoms with Gasteiger partial charge in [-0.3, -0.25) is 9.78 Å². The number of hydrogen-bond donors (Lipinski definition) is 1. The molecule has 0 unspecified atom stereocenters. The minimum atomic E-state index is -2.14. The second-order valence-corrected chi connectivity index (χ2v) is 17.6. The van der Waals surface area contributed by atoms with Crippen LogP contribution >= 0.6 is 0 Å². The van der Waals surface area contributed by atoms with Crippen molar-refractivity contribution in [1.29, 1.82) is 0 Å². The zero-order valence-electron chi connectivity index (χ0n) is 29.4. The maximum atomic E-state index is 11.7. The molecular weight excluding hydrogens is 791 g/mol. The van der Waals surface area contributed by atoms with E-state index in [-0.39, 0.29) is 43.5 Å². The van der Waals surface area contributed by atoms with Gasteiger partial charge in [-0.2, -0.15) is 0 Å². The van der Waals surface area contributed by atoms with E-state index in [0.717, 1.165) is 70.2 Å². The summed E-state index contributed by atoms with van der Waals surface area (Å²) in [6.45, 7) is 17.1. The molecule has 1 N–H and O–H groups in total. The number of carbonyl (C=O) groups excluding carboxylic acids is 1. The number of carbonyl (C=O) groups is 1. The van der Waals surface area contributed by atoms with E-state index in [0.29, 0.717) is 5.92 Å². The maximum Gasteiger partial charge on any atom is 0.162 e. The number of fused-ring (bicyclic) bond motifs is 3. The zero-order valence-corrected chi connectivity index (χ0v) is 32.8. The molecule has 1 aliphatic rings. The second kappa shape index (κ2) is 15.8. The molecule has 0 spiro atoms. The molecule has 1 radical (unpaired) electrons. The molecule has 6 rings (SSSR count). The van der Waals surface area contributed by atoms with Gasteiger partial charge in [0.15, 0.2) is 19.6 Å². The number of ketones is 1. The van der Waals surface area contributed by atoms with Gasteiger partial charge >= 0.3 is 0 Å². The molecule has 0 amide bonds. The Kier molecular flexibility index (Phi) is 12.3. The van der Waals surface area contributed by atoms with Crippen molar-refractivity contribution in [2.75, 3.05) is 0 Å². The Morgan fingerprint density at radius 1 is 0.896 bits per heavy atom. The van der Waals surface area contributed by atoms with Crippen LogP contribution in [-0.4, -0.2) is 23.9 Å². The Morgan fingerprint density at radius 3 is 2.15 bits per heavy atom. The smallest absolute Gasteiger partial charge is 0.162 e. The summed E-state index contributed by atoms with van der Waals surface area (Å²) in [4.78, 5) is 16.5. The number of aliphatic hydroxyl groups is 1. The summed E-state index contributed by atoms with van der Waals surface area (Å²) in [6, 6.07) is 24.6. The predicted octanol–water partition coefficient (Wildman–Crippen LogP) is 10.4. The number of benzene rings is 3. The summed E-state index contributed by atoms with van der Waals surface area (Å²) in [5.41, 5.74) is 3.86. The van der Waals surface area contributed by atoms with Crippen molar-refractivity contribution in [2.45, 2.75) is 86.2 Å². The van der Waals surface area contributed by atoms with Crippen LogP contribution in [0, 0.1) is 17.9 Å². The minimum absolute atomic E-state index is 0. The Bertz CT molecular complexity index is 1900. The van der Waals surface area contributed by atoms with E-state index in [1.165, 1.54) is 22.2 Å². The number of pyridine rings is 1. The largest absolute Gasteiger partial charge is 0.512 e. The molecular formula is C41H48IrNO4Si-. The van der Waals surface area contributed by atoms with Gasteiger partial charge in [-0.25, -0.2) is 0 Å². The van der Waals surface area contributed by atoms with Crippen LogP contribution in [0.15, 0.2) is 83.1 Å². The van der Waals surface area contributed by atoms with E-state index in [1.54, 1.807) is 0 Å². The van der Waals surface area contributed by atoms with Gasteiger partial charge in [-0.15, -0.1) is 17.5 Å². The van der Waals surface area contributed by atoms with E-state index < -0.39 is 8.07 Å². The van der Waals surface area contributed by atoms with Crippen molar-refractivity contribution in [3.05, 3.63) is 90.3 Å². The minimum Gasteiger partial charge on any atom is -0.512 e. The van der Waals surface area contributed by atoms with Crippen LogP contribution in [0.4, 0.5) is 0 Å². The van der Waals surface area contributed by atoms with Crippen molar-refractivity contribution in [3.8, 4) is 22.8 Å². The molecule has 2 aromatic heterocycles. The number of nitrogens with zero attached hydrogens (tertiary/aromatic N) is 1. The van der Waals surface area contributed by atoms with Crippen molar-refractivity contribution >= 4 is 46.2 Å². The van der Waals surface area contributed by atoms with Crippen LogP contribution in [0.25, 0.3) is 33.0 Å². The number of allylic oxidation sites excluding steroid dienone is 2. The van der Waals surface area contributed by atoms with Crippen molar-refractivity contribution in [3.63, 3.8) is 0 Å². The standard InChI is InChI=1S/C28H24NO2Si.C13H24O2.Ir/c1-17(2)23-20-13-9-8-10-18(20)16-21-25-24-22(14-15-29-25)30-28(27(24)31-26(21)23)32(3,4)19-11-6-5-7-12-19;1-5-10(6-2)12(14)9-13(15)11(7-3)8-4;/h5-15,17H,1-4H3;9-11,14H,5-8H2,1-4H3;/q-1;;/b;12-9-;. The van der Waals surface area contributed by atoms with Gasteiger partial charge in [-0.1, -0.05) is 125 Å². The summed E-state index contributed by atoms with van der Waals surface area (Å²) >= 11 is 0. The normalized spacial score (nSPS) is 12.5. The van der Waals surface area contributed by atoms with E-state index in [9.17, 15) is 9.90 Å². The summed E-state index contributed by atoms with van der Waals surface area (Å²) in [6.07, 6.45) is 6.74. The van der Waals surface area contributed by atoms with Gasteiger partial charge in [0.2, 0.25) is 0 Å². The fourth-order valence-electron chi connectivity index (χ4n) is 6.71. The SMILES string of the molecule is CC(C)c1c2c([c-]c3ccccc13)-c1nccc3oc([Si](C)(C)c4ccccc4)c(c13)O2.CCC(CC)C(=O)/C=C(\O)C(CC)CC.[Ir]. The molecule has 3 heterocycles. The zero-order chi connectivity index (χ0) is 33.9. The van der Waals surface area contributed by atoms with E-state index in [4.69, 9.17) is 14.1 Å². The Hall–Kier alpha value is -3.51. The third-order valence-corrected chi connectivity index (χ3v) is 12.9. The van der Waals surface area contributed by atoms with E-state index in [1.807, 2.05) is 40.0 Å². The van der Waals surface area contributed by atoms with E-state index in [2.05, 4.69) is 87.6 Å². The average Bonchev–Trinajstić information content (AvgIpc) is 3.46. The van der Waals surface area contributed by atoms with Crippen LogP contribution in [0.1, 0.15) is 78.7 Å². The summed E-state index contributed by atoms with van der Waals surface area (Å²) < 4.78 is 13.3. The summed E-state index contributed by atoms with van der Waals surface area (Å²) in [7, 11) is -2.14. The summed E-state index contributed by atoms with van der Waals surface area (Å²) in [5.74, 6) is 2.54. The first-order valence-corrected chi connectivity index (χ1v) is 20.1. The van der Waals surface area contributed by atoms with Gasteiger partial charge < -0.3 is 14.3 Å². The van der Waals surface area contributed by atoms with Gasteiger partial charge in [0.1, 0.15) is 11.0 Å². The molecule has 0 saturated carbocycles. The van der Waals surface area contributed by atoms with E-state index >= 15 is 0 Å². The van der Waals surface area contributed by atoms with Crippen LogP contribution in [-0.2, 0) is 24.9 Å². The summed E-state index contributed by atoms with van der Waals surface area (Å²) in [5, 5.41) is 15.3. The first kappa shape index (κ1) is 37.3. The fraction of sp³-hybridized carbons (Fsp3) is 0.366. The van der Waals surface area contributed by atoms with Crippen molar-refractivity contribution < 1.29 is 39.2 Å². The number of ether oxygens (including phenoxy) is 1. The van der Waals surface area contributed by atoms with Gasteiger partial charge in [0.05, 0.1) is 16.9 Å². The molecule has 0 atom stereocenters. The molecule has 3 aromatic carbocycles. The van der Waals surface area contributed by atoms with Crippen LogP contribution in [0.3, 0.4) is 0 Å².